The molecule has 0 fully saturated rings. The fourth-order valence-corrected chi connectivity index (χ4v) is 4.21. The Bertz CT molecular complexity index is 1190. The maximum atomic E-state index is 12.8. The maximum absolute atomic E-state index is 12.8. The van der Waals surface area contributed by atoms with E-state index in [4.69, 9.17) is 11.6 Å². The van der Waals surface area contributed by atoms with E-state index in [0.717, 1.165) is 5.56 Å². The Morgan fingerprint density at radius 1 is 1.03 bits per heavy atom. The fourth-order valence-electron chi connectivity index (χ4n) is 3.81. The molecule has 0 bridgehead atoms. The Hall–Kier alpha value is -3.58. The molecule has 158 valence electrons. The number of aromatic nitrogens is 1. The molecular weight excluding hydrogens is 418 g/mol. The molecule has 0 spiro atoms. The molecule has 31 heavy (non-hydrogen) atoms. The van der Waals surface area contributed by atoms with Crippen molar-refractivity contribution in [3.05, 3.63) is 76.4 Å². The highest BCUT2D eigenvalue weighted by atomic mass is 35.5. The summed E-state index contributed by atoms with van der Waals surface area (Å²) in [7, 11) is 0. The number of carbonyl (C=O) groups is 3. The van der Waals surface area contributed by atoms with Crippen LogP contribution in [-0.4, -0.2) is 38.9 Å². The van der Waals surface area contributed by atoms with E-state index in [0.29, 0.717) is 35.7 Å². The summed E-state index contributed by atoms with van der Waals surface area (Å²) in [5.74, 6) is -1.23. The molecule has 0 aliphatic carbocycles. The Kier molecular flexibility index (Phi) is 5.52. The summed E-state index contributed by atoms with van der Waals surface area (Å²) < 4.78 is 1.88. The van der Waals surface area contributed by atoms with E-state index in [1.807, 2.05) is 34.9 Å². The first kappa shape index (κ1) is 20.7. The van der Waals surface area contributed by atoms with Crippen LogP contribution in [0.5, 0.6) is 0 Å². The minimum atomic E-state index is -1.13. The van der Waals surface area contributed by atoms with Crippen LogP contribution < -0.4 is 5.32 Å². The molecule has 2 aromatic carbocycles. The molecule has 7 nitrogen and oxygen atoms in total. The second kappa shape index (κ2) is 8.28. The molecular formula is C23H20ClN3O4. The van der Waals surface area contributed by atoms with Crippen molar-refractivity contribution in [2.24, 2.45) is 0 Å². The molecule has 0 saturated carbocycles. The minimum Gasteiger partial charge on any atom is -0.478 e. The molecule has 2 heterocycles. The van der Waals surface area contributed by atoms with E-state index >= 15 is 0 Å². The first-order valence-corrected chi connectivity index (χ1v) is 10.1. The largest absolute Gasteiger partial charge is 0.478 e. The lowest BCUT2D eigenvalue weighted by Crippen LogP contribution is -2.41. The number of rotatable bonds is 4. The number of carboxylic acids is 1. The molecule has 4 rings (SSSR count). The van der Waals surface area contributed by atoms with Crippen LogP contribution in [-0.2, 0) is 13.1 Å². The molecule has 2 amide bonds. The van der Waals surface area contributed by atoms with Gasteiger partial charge in [-0.25, -0.2) is 9.59 Å². The topological polar surface area (TPSA) is 91.6 Å². The van der Waals surface area contributed by atoms with Crippen molar-refractivity contribution in [3.63, 3.8) is 0 Å². The second-order valence-corrected chi connectivity index (χ2v) is 7.67. The van der Waals surface area contributed by atoms with E-state index in [2.05, 4.69) is 5.32 Å². The number of carbonyl (C=O) groups excluding carboxylic acids is 2. The number of nitrogens with one attached hydrogen (secondary N) is 1. The summed E-state index contributed by atoms with van der Waals surface area (Å²) in [5.41, 5.74) is 2.95. The summed E-state index contributed by atoms with van der Waals surface area (Å²) in [6, 6.07) is 15.7. The van der Waals surface area contributed by atoms with E-state index < -0.39 is 5.97 Å². The van der Waals surface area contributed by atoms with Crippen molar-refractivity contribution < 1.29 is 19.5 Å². The molecule has 1 aliphatic rings. The van der Waals surface area contributed by atoms with Crippen molar-refractivity contribution in [3.8, 4) is 11.3 Å². The molecule has 0 unspecified atom stereocenters. The fraction of sp³-hybridized carbons (Fsp3) is 0.174. The molecule has 0 radical (unpaired) electrons. The molecule has 1 aromatic heterocycles. The average molecular weight is 438 g/mol. The van der Waals surface area contributed by atoms with Crippen LogP contribution in [0.3, 0.4) is 0 Å². The number of nitrogens with zero attached hydrogens (tertiary/aromatic N) is 2. The first-order valence-electron chi connectivity index (χ1n) is 9.73. The summed E-state index contributed by atoms with van der Waals surface area (Å²) in [5, 5.41) is 12.7. The van der Waals surface area contributed by atoms with Crippen LogP contribution in [0.2, 0.25) is 5.02 Å². The average Bonchev–Trinajstić information content (AvgIpc) is 3.05. The van der Waals surface area contributed by atoms with Crippen LogP contribution in [0.1, 0.15) is 33.3 Å². The number of carboxylic acid groups (broad SMARTS) is 1. The highest BCUT2D eigenvalue weighted by Crippen LogP contribution is 2.38. The van der Waals surface area contributed by atoms with Gasteiger partial charge in [-0.05, 0) is 24.6 Å². The van der Waals surface area contributed by atoms with Crippen molar-refractivity contribution in [2.45, 2.75) is 20.0 Å². The zero-order valence-corrected chi connectivity index (χ0v) is 17.5. The summed E-state index contributed by atoms with van der Waals surface area (Å²) in [4.78, 5) is 37.9. The van der Waals surface area contributed by atoms with Gasteiger partial charge in [0.2, 0.25) is 0 Å². The van der Waals surface area contributed by atoms with Gasteiger partial charge < -0.3 is 19.9 Å². The number of aromatic carboxylic acids is 1. The molecule has 0 saturated heterocycles. The maximum Gasteiger partial charge on any atom is 0.339 e. The molecule has 8 heteroatoms. The quantitative estimate of drug-likeness (QED) is 0.576. The van der Waals surface area contributed by atoms with Gasteiger partial charge in [-0.3, -0.25) is 4.79 Å². The number of urea groups is 1. The Balaban J connectivity index is 1.64. The normalized spacial score (nSPS) is 12.9. The third-order valence-corrected chi connectivity index (χ3v) is 5.68. The van der Waals surface area contributed by atoms with E-state index in [1.165, 1.54) is 11.8 Å². The van der Waals surface area contributed by atoms with Crippen molar-refractivity contribution in [2.75, 3.05) is 11.9 Å². The van der Waals surface area contributed by atoms with Gasteiger partial charge in [0.1, 0.15) is 5.56 Å². The predicted molar refractivity (Wildman–Crippen MR) is 118 cm³/mol. The third-order valence-electron chi connectivity index (χ3n) is 5.31. The summed E-state index contributed by atoms with van der Waals surface area (Å²) in [6.45, 7) is 2.36. The van der Waals surface area contributed by atoms with E-state index in [-0.39, 0.29) is 28.9 Å². The van der Waals surface area contributed by atoms with Crippen molar-refractivity contribution in [1.82, 2.24) is 9.47 Å². The lowest BCUT2D eigenvalue weighted by Gasteiger charge is -2.30. The summed E-state index contributed by atoms with van der Waals surface area (Å²) in [6.07, 6.45) is 0. The van der Waals surface area contributed by atoms with Gasteiger partial charge in [0.15, 0.2) is 5.78 Å². The zero-order chi connectivity index (χ0) is 22.1. The highest BCUT2D eigenvalue weighted by molar-refractivity contribution is 6.36. The van der Waals surface area contributed by atoms with Crippen LogP contribution in [0.25, 0.3) is 11.3 Å². The smallest absolute Gasteiger partial charge is 0.339 e. The number of benzene rings is 2. The standard InChI is InChI=1S/C23H20ClN3O4/c1-14(28)16-8-5-9-17(12-16)25-23(31)26-10-11-27-18(13-26)19(22(29)30)20(24)21(27)15-6-3-2-4-7-15/h2-9,12H,10-11,13H2,1H3,(H,25,31)(H,29,30). The van der Waals surface area contributed by atoms with Gasteiger partial charge in [-0.2, -0.15) is 0 Å². The first-order chi connectivity index (χ1) is 14.9. The van der Waals surface area contributed by atoms with Gasteiger partial charge in [-0.15, -0.1) is 0 Å². The van der Waals surface area contributed by atoms with Gasteiger partial charge in [0.05, 0.1) is 23.0 Å². The SMILES string of the molecule is CC(=O)c1cccc(NC(=O)N2CCn3c(c(C(=O)O)c(Cl)c3-c3ccccc3)C2)c1. The zero-order valence-electron chi connectivity index (χ0n) is 16.8. The number of ketones is 1. The molecule has 3 aromatic rings. The number of fused-ring (bicyclic) bond motifs is 1. The number of amides is 2. The van der Waals surface area contributed by atoms with Crippen LogP contribution in [0, 0.1) is 0 Å². The highest BCUT2D eigenvalue weighted by Gasteiger charge is 2.32. The van der Waals surface area contributed by atoms with Gasteiger partial charge >= 0.3 is 12.0 Å². The van der Waals surface area contributed by atoms with Crippen LogP contribution >= 0.6 is 11.6 Å². The van der Waals surface area contributed by atoms with Gasteiger partial charge in [0.25, 0.3) is 0 Å². The lowest BCUT2D eigenvalue weighted by atomic mass is 10.1. The van der Waals surface area contributed by atoms with Gasteiger partial charge in [0, 0.05) is 24.3 Å². The number of hydrogen-bond acceptors (Lipinski definition) is 3. The Labute approximate surface area is 183 Å². The van der Waals surface area contributed by atoms with Crippen molar-refractivity contribution in [1.29, 1.82) is 0 Å². The Morgan fingerprint density at radius 2 is 1.77 bits per heavy atom. The van der Waals surface area contributed by atoms with Gasteiger partial charge in [-0.1, -0.05) is 54.1 Å². The third kappa shape index (κ3) is 3.92. The molecule has 0 atom stereocenters. The molecule has 2 N–H and O–H groups in total. The van der Waals surface area contributed by atoms with Crippen LogP contribution in [0.15, 0.2) is 54.6 Å². The predicted octanol–water partition coefficient (Wildman–Crippen LogP) is 4.76. The van der Waals surface area contributed by atoms with Crippen molar-refractivity contribution >= 4 is 35.1 Å². The Morgan fingerprint density at radius 3 is 2.45 bits per heavy atom. The number of halogens is 1. The summed E-state index contributed by atoms with van der Waals surface area (Å²) >= 11 is 6.50. The minimum absolute atomic E-state index is 0.0107. The number of hydrogen-bond donors (Lipinski definition) is 2. The second-order valence-electron chi connectivity index (χ2n) is 7.30. The van der Waals surface area contributed by atoms with Crippen LogP contribution in [0.4, 0.5) is 10.5 Å². The lowest BCUT2D eigenvalue weighted by molar-refractivity contribution is 0.0693. The van der Waals surface area contributed by atoms with E-state index in [1.54, 1.807) is 24.3 Å². The molecule has 1 aliphatic heterocycles. The number of Topliss-reactive ketones (excluding diaryl/α,β-unsaturated/α-hetero) is 1. The monoisotopic (exact) mass is 437 g/mol. The van der Waals surface area contributed by atoms with E-state index in [9.17, 15) is 19.5 Å². The number of anilines is 1.